The van der Waals surface area contributed by atoms with E-state index in [0.717, 1.165) is 47.8 Å². The third-order valence-electron chi connectivity index (χ3n) is 5.89. The lowest BCUT2D eigenvalue weighted by atomic mass is 10.0. The molecule has 0 saturated heterocycles. The second kappa shape index (κ2) is 13.4. The molecule has 0 bridgehead atoms. The summed E-state index contributed by atoms with van der Waals surface area (Å²) in [4.78, 5) is 25.5. The van der Waals surface area contributed by atoms with Crippen LogP contribution >= 0.6 is 11.3 Å². The monoisotopic (exact) mass is 523 g/mol. The Balaban J connectivity index is 1.70. The Morgan fingerprint density at radius 1 is 0.944 bits per heavy atom. The molecule has 0 aliphatic rings. The number of carbonyl (C=O) groups is 2. The maximum Gasteiger partial charge on any atom is 0.334 e. The molecular formula is C27H29F4NO3S. The largest absolute Gasteiger partial charge is 0.422 e. The smallest absolute Gasteiger partial charge is 0.334 e. The minimum Gasteiger partial charge on any atom is -0.422 e. The van der Waals surface area contributed by atoms with Crippen molar-refractivity contribution >= 4 is 33.3 Å². The number of rotatable bonds is 13. The number of unbranched alkanes of at least 4 members (excludes halogenated alkanes) is 6. The zero-order valence-electron chi connectivity index (χ0n) is 20.1. The van der Waals surface area contributed by atoms with Crippen LogP contribution in [0.4, 0.5) is 17.6 Å². The van der Waals surface area contributed by atoms with Gasteiger partial charge in [0.15, 0.2) is 17.4 Å². The highest BCUT2D eigenvalue weighted by atomic mass is 32.1. The molecule has 1 aromatic heterocycles. The van der Waals surface area contributed by atoms with Gasteiger partial charge in [0.2, 0.25) is 17.5 Å². The first kappa shape index (κ1) is 27.6. The molecule has 9 heteroatoms. The molecule has 1 amide bonds. The fourth-order valence-electron chi connectivity index (χ4n) is 3.92. The Morgan fingerprint density at radius 3 is 2.39 bits per heavy atom. The van der Waals surface area contributed by atoms with Gasteiger partial charge in [-0.05, 0) is 28.8 Å². The lowest BCUT2D eigenvalue weighted by molar-refractivity contribution is -0.139. The summed E-state index contributed by atoms with van der Waals surface area (Å²) in [5.74, 6) is -10.2. The van der Waals surface area contributed by atoms with E-state index < -0.39 is 41.0 Å². The van der Waals surface area contributed by atoms with Crippen molar-refractivity contribution in [3.8, 4) is 5.75 Å². The molecule has 4 nitrogen and oxygen atoms in total. The molecule has 3 rings (SSSR count). The average molecular weight is 524 g/mol. The summed E-state index contributed by atoms with van der Waals surface area (Å²) in [6, 6.07) is 6.52. The van der Waals surface area contributed by atoms with E-state index in [1.807, 2.05) is 29.6 Å². The summed E-state index contributed by atoms with van der Waals surface area (Å²) in [5.41, 5.74) is 0.755. The fraction of sp³-hybridized carbons (Fsp3) is 0.407. The third kappa shape index (κ3) is 7.29. The zero-order valence-corrected chi connectivity index (χ0v) is 20.9. The van der Waals surface area contributed by atoms with Gasteiger partial charge in [-0.1, -0.05) is 63.6 Å². The van der Waals surface area contributed by atoms with Crippen LogP contribution in [0, 0.1) is 23.3 Å². The van der Waals surface area contributed by atoms with Crippen LogP contribution in [0.5, 0.6) is 5.75 Å². The van der Waals surface area contributed by atoms with Gasteiger partial charge in [0.1, 0.15) is 6.04 Å². The van der Waals surface area contributed by atoms with E-state index >= 15 is 0 Å². The predicted octanol–water partition coefficient (Wildman–Crippen LogP) is 7.23. The maximum atomic E-state index is 14.1. The van der Waals surface area contributed by atoms with Crippen molar-refractivity contribution in [3.05, 3.63) is 64.5 Å². The van der Waals surface area contributed by atoms with Crippen molar-refractivity contribution < 1.29 is 31.9 Å². The molecule has 1 heterocycles. The van der Waals surface area contributed by atoms with Gasteiger partial charge in [0.05, 0.1) is 0 Å². The van der Waals surface area contributed by atoms with Gasteiger partial charge < -0.3 is 10.1 Å². The summed E-state index contributed by atoms with van der Waals surface area (Å²) >= 11 is 1.46. The van der Waals surface area contributed by atoms with E-state index in [1.54, 1.807) is 0 Å². The van der Waals surface area contributed by atoms with E-state index in [0.29, 0.717) is 6.42 Å². The van der Waals surface area contributed by atoms with Gasteiger partial charge >= 0.3 is 5.97 Å². The van der Waals surface area contributed by atoms with Gasteiger partial charge in [-0.3, -0.25) is 4.79 Å². The summed E-state index contributed by atoms with van der Waals surface area (Å²) < 4.78 is 60.4. The Labute approximate surface area is 211 Å². The minimum absolute atomic E-state index is 0.0272. The highest BCUT2D eigenvalue weighted by Crippen LogP contribution is 2.28. The summed E-state index contributed by atoms with van der Waals surface area (Å²) in [6.45, 7) is 2.14. The number of halogens is 4. The van der Waals surface area contributed by atoms with E-state index in [9.17, 15) is 27.2 Å². The van der Waals surface area contributed by atoms with Crippen molar-refractivity contribution in [2.24, 2.45) is 0 Å². The Bertz CT molecular complexity index is 1200. The molecule has 0 aliphatic carbocycles. The second-order valence-corrected chi connectivity index (χ2v) is 9.58. The number of hydrogen-bond donors (Lipinski definition) is 1. The van der Waals surface area contributed by atoms with Crippen molar-refractivity contribution in [1.29, 1.82) is 0 Å². The normalized spacial score (nSPS) is 12.0. The molecule has 0 fully saturated rings. The number of benzene rings is 2. The summed E-state index contributed by atoms with van der Waals surface area (Å²) in [5, 5.41) is 5.34. The Hall–Kier alpha value is -2.94. The number of fused-ring (bicyclic) bond motifs is 1. The number of amides is 1. The number of ether oxygens (including phenoxy) is 1. The maximum absolute atomic E-state index is 14.1. The van der Waals surface area contributed by atoms with Crippen molar-refractivity contribution in [1.82, 2.24) is 5.32 Å². The predicted molar refractivity (Wildman–Crippen MR) is 132 cm³/mol. The van der Waals surface area contributed by atoms with E-state index in [4.69, 9.17) is 4.74 Å². The van der Waals surface area contributed by atoms with Crippen LogP contribution in [0.3, 0.4) is 0 Å². The molecule has 0 radical (unpaired) electrons. The molecular weight excluding hydrogens is 494 g/mol. The zero-order chi connectivity index (χ0) is 26.1. The van der Waals surface area contributed by atoms with E-state index in [-0.39, 0.29) is 24.8 Å². The number of hydrogen-bond acceptors (Lipinski definition) is 4. The number of carbonyl (C=O) groups excluding carboxylic acids is 2. The lowest BCUT2D eigenvalue weighted by Gasteiger charge is -2.18. The minimum atomic E-state index is -2.08. The molecule has 0 saturated carbocycles. The highest BCUT2D eigenvalue weighted by Gasteiger charge is 2.28. The topological polar surface area (TPSA) is 55.4 Å². The first-order valence-electron chi connectivity index (χ1n) is 12.1. The van der Waals surface area contributed by atoms with Gasteiger partial charge in [0, 0.05) is 23.6 Å². The van der Waals surface area contributed by atoms with Gasteiger partial charge in [-0.2, -0.15) is 4.39 Å². The van der Waals surface area contributed by atoms with Crippen LogP contribution < -0.4 is 10.1 Å². The number of nitrogens with one attached hydrogen (secondary N) is 1. The van der Waals surface area contributed by atoms with Crippen molar-refractivity contribution in [2.75, 3.05) is 0 Å². The molecule has 3 aromatic rings. The SMILES string of the molecule is CCCCCCCCCC(=O)NC(Cc1csc2ccccc12)C(=O)Oc1cc(F)c(F)c(F)c1F. The molecule has 194 valence electrons. The Kier molecular flexibility index (Phi) is 10.3. The van der Waals surface area contributed by atoms with Crippen LogP contribution in [0.25, 0.3) is 10.1 Å². The molecule has 2 aromatic carbocycles. The molecule has 36 heavy (non-hydrogen) atoms. The van der Waals surface area contributed by atoms with E-state index in [2.05, 4.69) is 12.2 Å². The lowest BCUT2D eigenvalue weighted by Crippen LogP contribution is -2.44. The highest BCUT2D eigenvalue weighted by molar-refractivity contribution is 7.17. The van der Waals surface area contributed by atoms with Crippen molar-refractivity contribution in [3.63, 3.8) is 0 Å². The van der Waals surface area contributed by atoms with E-state index in [1.165, 1.54) is 17.8 Å². The summed E-state index contributed by atoms with van der Waals surface area (Å²) in [7, 11) is 0. The third-order valence-corrected chi connectivity index (χ3v) is 6.90. The molecule has 1 unspecified atom stereocenters. The first-order valence-corrected chi connectivity index (χ1v) is 13.0. The van der Waals surface area contributed by atoms with Gasteiger partial charge in [0.25, 0.3) is 0 Å². The standard InChI is InChI=1S/C27H29F4NO3S/c1-2-3-4-5-6-7-8-13-23(33)32-20(14-17-16-36-22-12-10-9-11-18(17)22)27(34)35-21-15-19(28)24(29)26(31)25(21)30/h9-12,15-16,20H,2-8,13-14H2,1H3,(H,32,33). The average Bonchev–Trinajstić information content (AvgIpc) is 3.27. The molecule has 1 atom stereocenters. The number of thiophene rings is 1. The van der Waals surface area contributed by atoms with Gasteiger partial charge in [-0.15, -0.1) is 11.3 Å². The second-order valence-electron chi connectivity index (χ2n) is 8.67. The van der Waals surface area contributed by atoms with Crippen LogP contribution in [-0.4, -0.2) is 17.9 Å². The molecule has 1 N–H and O–H groups in total. The van der Waals surface area contributed by atoms with Gasteiger partial charge in [-0.25, -0.2) is 18.0 Å². The van der Waals surface area contributed by atoms with Crippen molar-refractivity contribution in [2.45, 2.75) is 70.8 Å². The van der Waals surface area contributed by atoms with Crippen LogP contribution in [0.2, 0.25) is 0 Å². The Morgan fingerprint density at radius 2 is 1.64 bits per heavy atom. The first-order chi connectivity index (χ1) is 17.3. The fourth-order valence-corrected chi connectivity index (χ4v) is 4.89. The summed E-state index contributed by atoms with van der Waals surface area (Å²) in [6.07, 6.45) is 7.35. The van der Waals surface area contributed by atoms with Crippen LogP contribution in [0.1, 0.15) is 63.9 Å². The molecule has 0 aliphatic heterocycles. The van der Waals surface area contributed by atoms with Crippen LogP contribution in [0.15, 0.2) is 35.7 Å². The molecule has 0 spiro atoms. The number of esters is 1. The van der Waals surface area contributed by atoms with Crippen LogP contribution in [-0.2, 0) is 16.0 Å². The quantitative estimate of drug-likeness (QED) is 0.0642.